The molecule has 5 rings (SSSR count). The van der Waals surface area contributed by atoms with Gasteiger partial charge in [0.15, 0.2) is 18.1 Å². The van der Waals surface area contributed by atoms with E-state index in [2.05, 4.69) is 26.4 Å². The lowest BCUT2D eigenvalue weighted by Crippen LogP contribution is -2.47. The van der Waals surface area contributed by atoms with E-state index in [9.17, 15) is 19.8 Å². The first-order chi connectivity index (χ1) is 19.7. The number of fused-ring (bicyclic) bond motifs is 3. The van der Waals surface area contributed by atoms with Crippen LogP contribution >= 0.6 is 11.6 Å². The number of amides is 2. The van der Waals surface area contributed by atoms with Gasteiger partial charge in [-0.3, -0.25) is 14.6 Å². The Balaban J connectivity index is 1.47. The van der Waals surface area contributed by atoms with Gasteiger partial charge in [-0.05, 0) is 56.3 Å². The summed E-state index contributed by atoms with van der Waals surface area (Å²) in [6, 6.07) is 16.5. The third-order valence-corrected chi connectivity index (χ3v) is 7.08. The number of rotatable bonds is 8. The normalized spacial score (nSPS) is 19.4. The summed E-state index contributed by atoms with van der Waals surface area (Å²) >= 11 is 6.18. The Hall–Kier alpha value is -4.32. The summed E-state index contributed by atoms with van der Waals surface area (Å²) in [7, 11) is 0. The summed E-state index contributed by atoms with van der Waals surface area (Å²) in [4.78, 5) is 32.5. The second-order valence-electron chi connectivity index (χ2n) is 9.75. The summed E-state index contributed by atoms with van der Waals surface area (Å²) in [5, 5.41) is 25.3. The Labute approximate surface area is 242 Å². The molecule has 3 aromatic rings. The van der Waals surface area contributed by atoms with Crippen molar-refractivity contribution in [3.63, 3.8) is 0 Å². The molecular weight excluding hydrogens is 548 g/mol. The van der Waals surface area contributed by atoms with E-state index < -0.39 is 11.9 Å². The molecule has 214 valence electrons. The summed E-state index contributed by atoms with van der Waals surface area (Å²) in [5.41, 5.74) is 10.0. The highest BCUT2D eigenvalue weighted by atomic mass is 35.5. The van der Waals surface area contributed by atoms with Gasteiger partial charge in [0.1, 0.15) is 11.9 Å². The van der Waals surface area contributed by atoms with Crippen molar-refractivity contribution in [1.82, 2.24) is 16.2 Å². The Morgan fingerprint density at radius 1 is 1.02 bits per heavy atom. The molecule has 1 saturated heterocycles. The van der Waals surface area contributed by atoms with E-state index in [0.29, 0.717) is 28.7 Å². The Kier molecular flexibility index (Phi) is 8.29. The molecule has 3 atom stereocenters. The summed E-state index contributed by atoms with van der Waals surface area (Å²) in [6.07, 6.45) is -0.220. The highest BCUT2D eigenvalue weighted by molar-refractivity contribution is 6.30. The maximum atomic E-state index is 12.7. The number of ether oxygens (including phenoxy) is 1. The largest absolute Gasteiger partial charge is 0.504 e. The predicted molar refractivity (Wildman–Crippen MR) is 157 cm³/mol. The number of aromatic hydroxyl groups is 2. The van der Waals surface area contributed by atoms with Gasteiger partial charge in [0, 0.05) is 40.1 Å². The van der Waals surface area contributed by atoms with Gasteiger partial charge in [-0.1, -0.05) is 23.7 Å². The van der Waals surface area contributed by atoms with E-state index in [-0.39, 0.29) is 42.8 Å². The fourth-order valence-corrected chi connectivity index (χ4v) is 5.08. The van der Waals surface area contributed by atoms with Crippen LogP contribution in [0.5, 0.6) is 17.2 Å². The molecule has 0 radical (unpaired) electrons. The maximum absolute atomic E-state index is 12.7. The fourth-order valence-electron chi connectivity index (χ4n) is 4.95. The highest BCUT2D eigenvalue weighted by Crippen LogP contribution is 2.36. The molecule has 3 unspecified atom stereocenters. The van der Waals surface area contributed by atoms with Crippen LogP contribution in [0.25, 0.3) is 0 Å². The molecule has 1 fully saturated rings. The van der Waals surface area contributed by atoms with Gasteiger partial charge in [-0.2, -0.15) is 0 Å². The lowest BCUT2D eigenvalue weighted by atomic mass is 9.99. The zero-order valence-electron chi connectivity index (χ0n) is 22.5. The summed E-state index contributed by atoms with van der Waals surface area (Å²) < 4.78 is 5.85. The van der Waals surface area contributed by atoms with Crippen molar-refractivity contribution in [2.45, 2.75) is 38.6 Å². The second kappa shape index (κ2) is 12.0. The average molecular weight is 579 g/mol. The molecule has 2 heterocycles. The van der Waals surface area contributed by atoms with Crippen LogP contribution < -0.4 is 31.1 Å². The van der Waals surface area contributed by atoms with Crippen LogP contribution in [0.3, 0.4) is 0 Å². The number of phenolic OH excluding ortho intramolecular Hbond substituents is 2. The first kappa shape index (κ1) is 28.2. The molecule has 11 nitrogen and oxygen atoms in total. The minimum Gasteiger partial charge on any atom is -0.504 e. The number of carbonyl (C=O) groups is 2. The molecule has 0 aromatic heterocycles. The van der Waals surface area contributed by atoms with E-state index in [1.54, 1.807) is 18.2 Å². The Bertz CT molecular complexity index is 1480. The van der Waals surface area contributed by atoms with Crippen LogP contribution in [0.15, 0.2) is 65.7 Å². The third-order valence-electron chi connectivity index (χ3n) is 6.83. The fraction of sp³-hybridized carbons (Fsp3) is 0.276. The quantitative estimate of drug-likeness (QED) is 0.176. The number of carbonyl (C=O) groups excluding carboxylic acids is 2. The van der Waals surface area contributed by atoms with Crippen molar-refractivity contribution in [3.8, 4) is 17.2 Å². The van der Waals surface area contributed by atoms with E-state index in [1.165, 1.54) is 18.2 Å². The lowest BCUT2D eigenvalue weighted by Gasteiger charge is -2.31. The molecule has 3 aromatic carbocycles. The van der Waals surface area contributed by atoms with Crippen LogP contribution in [-0.4, -0.2) is 59.3 Å². The minimum atomic E-state index is -0.444. The first-order valence-corrected chi connectivity index (χ1v) is 13.6. The maximum Gasteiger partial charge on any atom is 0.262 e. The molecule has 12 heteroatoms. The van der Waals surface area contributed by atoms with Crippen LogP contribution in [0.2, 0.25) is 5.02 Å². The van der Waals surface area contributed by atoms with Gasteiger partial charge in [0.2, 0.25) is 5.91 Å². The summed E-state index contributed by atoms with van der Waals surface area (Å²) in [6.45, 7) is 4.13. The van der Waals surface area contributed by atoms with Gasteiger partial charge in [-0.25, -0.2) is 10.9 Å². The third kappa shape index (κ3) is 6.22. The number of aliphatic imine (C=N–C) groups is 1. The van der Waals surface area contributed by atoms with E-state index in [1.807, 2.05) is 38.1 Å². The lowest BCUT2D eigenvalue weighted by molar-refractivity contribution is -0.121. The Morgan fingerprint density at radius 3 is 2.54 bits per heavy atom. The zero-order valence-corrected chi connectivity index (χ0v) is 23.3. The number of nitrogens with zero attached hydrogens (tertiary/aromatic N) is 2. The monoisotopic (exact) mass is 578 g/mol. The molecule has 2 amide bonds. The number of hydrazine groups is 1. The first-order valence-electron chi connectivity index (χ1n) is 13.2. The van der Waals surface area contributed by atoms with E-state index in [0.717, 1.165) is 16.8 Å². The summed E-state index contributed by atoms with van der Waals surface area (Å²) in [5.74, 6) is -0.718. The van der Waals surface area contributed by atoms with Gasteiger partial charge in [0.25, 0.3) is 5.91 Å². The highest BCUT2D eigenvalue weighted by Gasteiger charge is 2.40. The number of phenols is 2. The molecule has 0 spiro atoms. The number of hydrogen-bond acceptors (Lipinski definition) is 9. The number of hydrogen-bond donors (Lipinski definition) is 6. The van der Waals surface area contributed by atoms with Crippen molar-refractivity contribution < 1.29 is 24.5 Å². The van der Waals surface area contributed by atoms with E-state index >= 15 is 0 Å². The molecule has 0 saturated carbocycles. The topological polar surface area (TPSA) is 148 Å². The molecule has 6 N–H and O–H groups in total. The van der Waals surface area contributed by atoms with Crippen molar-refractivity contribution in [3.05, 3.63) is 76.8 Å². The van der Waals surface area contributed by atoms with Crippen molar-refractivity contribution in [2.75, 3.05) is 23.4 Å². The van der Waals surface area contributed by atoms with E-state index in [4.69, 9.17) is 21.3 Å². The molecule has 2 aliphatic heterocycles. The van der Waals surface area contributed by atoms with Crippen LogP contribution in [0.1, 0.15) is 31.4 Å². The van der Waals surface area contributed by atoms with Crippen LogP contribution in [-0.2, 0) is 9.59 Å². The standard InChI is InChI=1S/C29H31ClN6O5/c1-3-31-26(39)14-22-29-35-34-16(2)36(29)23-10-9-20(13-21(23)28(33-22)17-4-6-18(30)7-5-17)41-15-27(40)32-19-8-11-24(37)25(38)12-19/h4-13,16,22,29,34-35,37-38H,3,14-15H2,1-2H3,(H,31,39)(H,32,40). The minimum absolute atomic E-state index is 0.0963. The van der Waals surface area contributed by atoms with Gasteiger partial charge >= 0.3 is 0 Å². The van der Waals surface area contributed by atoms with Crippen molar-refractivity contribution in [1.29, 1.82) is 0 Å². The Morgan fingerprint density at radius 2 is 1.80 bits per heavy atom. The molecule has 0 aliphatic carbocycles. The molecular formula is C29H31ClN6O5. The van der Waals surface area contributed by atoms with Crippen molar-refractivity contribution >= 4 is 40.5 Å². The van der Waals surface area contributed by atoms with Gasteiger partial charge in [0.05, 0.1) is 24.3 Å². The number of nitrogens with one attached hydrogen (secondary N) is 4. The predicted octanol–water partition coefficient (Wildman–Crippen LogP) is 3.10. The van der Waals surface area contributed by atoms with Gasteiger partial charge in [-0.15, -0.1) is 0 Å². The zero-order chi connectivity index (χ0) is 29.1. The average Bonchev–Trinajstić information content (AvgIpc) is 3.27. The number of halogens is 1. The van der Waals surface area contributed by atoms with Crippen molar-refractivity contribution in [2.24, 2.45) is 4.99 Å². The number of benzene rings is 3. The van der Waals surface area contributed by atoms with Gasteiger partial charge < -0.3 is 30.5 Å². The second-order valence-corrected chi connectivity index (χ2v) is 10.2. The van der Waals surface area contributed by atoms with Crippen LogP contribution in [0, 0.1) is 0 Å². The molecule has 2 aliphatic rings. The number of anilines is 2. The SMILES string of the molecule is CCNC(=O)CC1N=C(c2ccc(Cl)cc2)c2cc(OCC(=O)Nc3ccc(O)c(O)c3)ccc2N2C(C)NNC12. The smallest absolute Gasteiger partial charge is 0.262 e. The molecule has 0 bridgehead atoms. The van der Waals surface area contributed by atoms with Crippen LogP contribution in [0.4, 0.5) is 11.4 Å². The molecule has 41 heavy (non-hydrogen) atoms.